The first-order chi connectivity index (χ1) is 15.4. The zero-order chi connectivity index (χ0) is 22.7. The average molecular weight is 437 g/mol. The Morgan fingerprint density at radius 2 is 1.97 bits per heavy atom. The number of nitrogens with zero attached hydrogens (tertiary/aromatic N) is 8. The highest BCUT2D eigenvalue weighted by molar-refractivity contribution is 5.75. The number of hydrogen-bond acceptors (Lipinski definition) is 6. The van der Waals surface area contributed by atoms with Gasteiger partial charge in [0.15, 0.2) is 5.82 Å². The summed E-state index contributed by atoms with van der Waals surface area (Å²) in [7, 11) is 1.81. The Kier molecular flexibility index (Phi) is 6.64. The number of piperidine rings is 1. The van der Waals surface area contributed by atoms with E-state index in [9.17, 15) is 4.79 Å². The van der Waals surface area contributed by atoms with Gasteiger partial charge in [-0.1, -0.05) is 19.1 Å². The molecule has 0 atom stereocenters. The molecule has 0 radical (unpaired) electrons. The summed E-state index contributed by atoms with van der Waals surface area (Å²) in [5.74, 6) is 1.49. The summed E-state index contributed by atoms with van der Waals surface area (Å²) >= 11 is 0. The quantitative estimate of drug-likeness (QED) is 0.565. The fourth-order valence-electron chi connectivity index (χ4n) is 4.17. The molecule has 0 N–H and O–H groups in total. The van der Waals surface area contributed by atoms with Crippen LogP contribution in [0.4, 0.5) is 0 Å². The topological polar surface area (TPSA) is 85.0 Å². The number of aryl methyl sites for hydroxylation is 2. The third-order valence-electron chi connectivity index (χ3n) is 6.14. The molecule has 1 aliphatic rings. The number of amides is 1. The normalized spacial score (nSPS) is 15.2. The molecule has 0 saturated carbocycles. The summed E-state index contributed by atoms with van der Waals surface area (Å²) in [6.45, 7) is 9.74. The van der Waals surface area contributed by atoms with Crippen LogP contribution in [0.1, 0.15) is 42.5 Å². The summed E-state index contributed by atoms with van der Waals surface area (Å²) < 4.78 is 3.55. The van der Waals surface area contributed by atoms with Gasteiger partial charge in [-0.15, -0.1) is 5.10 Å². The Morgan fingerprint density at radius 1 is 1.19 bits per heavy atom. The number of carbonyl (C=O) groups excluding carboxylic acids is 1. The Balaban J connectivity index is 1.38. The van der Waals surface area contributed by atoms with Crippen molar-refractivity contribution in [2.75, 3.05) is 20.1 Å². The minimum absolute atomic E-state index is 0.0256. The standard InChI is InChI=1S/C23H32N8O/c1-17-8-10-29(11-9-17)15-22-24-26-27-30(22)16-23(32)28(4)14-20-6-5-7-21(13-20)31-19(3)12-18(2)25-31/h5-7,12-13,17H,8-11,14-16H2,1-4H3. The molecule has 1 aliphatic heterocycles. The fourth-order valence-corrected chi connectivity index (χ4v) is 4.17. The van der Waals surface area contributed by atoms with E-state index in [1.165, 1.54) is 12.8 Å². The minimum Gasteiger partial charge on any atom is -0.340 e. The summed E-state index contributed by atoms with van der Waals surface area (Å²) in [6, 6.07) is 10.2. The summed E-state index contributed by atoms with van der Waals surface area (Å²) in [6.07, 6.45) is 2.39. The van der Waals surface area contributed by atoms with Crippen molar-refractivity contribution in [3.05, 3.63) is 53.1 Å². The molecular formula is C23H32N8O. The molecule has 0 aliphatic carbocycles. The van der Waals surface area contributed by atoms with Crippen LogP contribution in [-0.2, 0) is 24.4 Å². The molecule has 0 bridgehead atoms. The van der Waals surface area contributed by atoms with Crippen molar-refractivity contribution in [1.82, 2.24) is 39.8 Å². The molecule has 3 aromatic rings. The van der Waals surface area contributed by atoms with Crippen molar-refractivity contribution < 1.29 is 4.79 Å². The molecule has 1 amide bonds. The first-order valence-electron chi connectivity index (χ1n) is 11.2. The molecule has 1 fully saturated rings. The van der Waals surface area contributed by atoms with Gasteiger partial charge in [0.25, 0.3) is 0 Å². The number of aromatic nitrogens is 6. The maximum absolute atomic E-state index is 12.9. The van der Waals surface area contributed by atoms with Crippen LogP contribution in [-0.4, -0.2) is 65.8 Å². The smallest absolute Gasteiger partial charge is 0.244 e. The van der Waals surface area contributed by atoms with Gasteiger partial charge in [-0.25, -0.2) is 9.36 Å². The lowest BCUT2D eigenvalue weighted by molar-refractivity contribution is -0.131. The van der Waals surface area contributed by atoms with E-state index < -0.39 is 0 Å². The molecule has 1 aromatic carbocycles. The van der Waals surface area contributed by atoms with E-state index in [-0.39, 0.29) is 12.5 Å². The Hall–Kier alpha value is -3.07. The summed E-state index contributed by atoms with van der Waals surface area (Å²) in [4.78, 5) is 17.0. The van der Waals surface area contributed by atoms with Gasteiger partial charge in [0.2, 0.25) is 5.91 Å². The molecule has 0 spiro atoms. The van der Waals surface area contributed by atoms with E-state index in [2.05, 4.69) is 44.6 Å². The van der Waals surface area contributed by atoms with Gasteiger partial charge in [0, 0.05) is 19.3 Å². The molecule has 2 aromatic heterocycles. The van der Waals surface area contributed by atoms with Gasteiger partial charge in [-0.3, -0.25) is 9.69 Å². The van der Waals surface area contributed by atoms with Gasteiger partial charge in [-0.2, -0.15) is 5.10 Å². The van der Waals surface area contributed by atoms with Crippen molar-refractivity contribution in [2.45, 2.75) is 53.2 Å². The lowest BCUT2D eigenvalue weighted by Crippen LogP contribution is -2.35. The van der Waals surface area contributed by atoms with Crippen LogP contribution in [0.15, 0.2) is 30.3 Å². The van der Waals surface area contributed by atoms with Crippen molar-refractivity contribution in [2.24, 2.45) is 5.92 Å². The van der Waals surface area contributed by atoms with Crippen LogP contribution in [0.3, 0.4) is 0 Å². The zero-order valence-electron chi connectivity index (χ0n) is 19.4. The first kappa shape index (κ1) is 22.1. The van der Waals surface area contributed by atoms with Crippen LogP contribution < -0.4 is 0 Å². The third-order valence-corrected chi connectivity index (χ3v) is 6.14. The van der Waals surface area contributed by atoms with Crippen LogP contribution in [0, 0.1) is 19.8 Å². The molecule has 4 rings (SSSR count). The van der Waals surface area contributed by atoms with E-state index >= 15 is 0 Å². The Bertz CT molecular complexity index is 1060. The second-order valence-corrected chi connectivity index (χ2v) is 8.97. The first-order valence-corrected chi connectivity index (χ1v) is 11.2. The Morgan fingerprint density at radius 3 is 2.69 bits per heavy atom. The number of hydrogen-bond donors (Lipinski definition) is 0. The highest BCUT2D eigenvalue weighted by Gasteiger charge is 2.20. The minimum atomic E-state index is -0.0256. The van der Waals surface area contributed by atoms with E-state index in [0.717, 1.165) is 47.5 Å². The van der Waals surface area contributed by atoms with Gasteiger partial charge in [0.05, 0.1) is 17.9 Å². The third kappa shape index (κ3) is 5.21. The predicted molar refractivity (Wildman–Crippen MR) is 121 cm³/mol. The van der Waals surface area contributed by atoms with Gasteiger partial charge < -0.3 is 4.90 Å². The van der Waals surface area contributed by atoms with Gasteiger partial charge >= 0.3 is 0 Å². The molecule has 32 heavy (non-hydrogen) atoms. The lowest BCUT2D eigenvalue weighted by atomic mass is 9.99. The lowest BCUT2D eigenvalue weighted by Gasteiger charge is -2.29. The van der Waals surface area contributed by atoms with Crippen molar-refractivity contribution in [1.29, 1.82) is 0 Å². The summed E-state index contributed by atoms with van der Waals surface area (Å²) in [5.41, 5.74) is 4.10. The van der Waals surface area contributed by atoms with E-state index in [0.29, 0.717) is 13.1 Å². The van der Waals surface area contributed by atoms with Crippen LogP contribution in [0.25, 0.3) is 5.69 Å². The van der Waals surface area contributed by atoms with E-state index in [1.54, 1.807) is 9.58 Å². The highest BCUT2D eigenvalue weighted by atomic mass is 16.2. The SMILES string of the molecule is Cc1cc(C)n(-c2cccc(CN(C)C(=O)Cn3nnnc3CN3CCC(C)CC3)c2)n1. The van der Waals surface area contributed by atoms with E-state index in [4.69, 9.17) is 0 Å². The average Bonchev–Trinajstić information content (AvgIpc) is 3.34. The zero-order valence-corrected chi connectivity index (χ0v) is 19.4. The van der Waals surface area contributed by atoms with Crippen molar-refractivity contribution in [3.8, 4) is 5.69 Å². The maximum Gasteiger partial charge on any atom is 0.244 e. The molecule has 0 unspecified atom stereocenters. The second kappa shape index (κ2) is 9.60. The molecule has 1 saturated heterocycles. The largest absolute Gasteiger partial charge is 0.340 e. The highest BCUT2D eigenvalue weighted by Crippen LogP contribution is 2.18. The van der Waals surface area contributed by atoms with Crippen molar-refractivity contribution in [3.63, 3.8) is 0 Å². The number of likely N-dealkylation sites (N-methyl/N-ethyl adjacent to an activating group) is 1. The number of carbonyl (C=O) groups is 1. The second-order valence-electron chi connectivity index (χ2n) is 8.97. The number of tetrazole rings is 1. The molecule has 9 nitrogen and oxygen atoms in total. The predicted octanol–water partition coefficient (Wildman–Crippen LogP) is 2.37. The van der Waals surface area contributed by atoms with Crippen LogP contribution >= 0.6 is 0 Å². The van der Waals surface area contributed by atoms with Crippen molar-refractivity contribution >= 4 is 5.91 Å². The molecular weight excluding hydrogens is 404 g/mol. The van der Waals surface area contributed by atoms with Gasteiger partial charge in [0.1, 0.15) is 6.54 Å². The van der Waals surface area contributed by atoms with Gasteiger partial charge in [-0.05, 0) is 79.9 Å². The fraction of sp³-hybridized carbons (Fsp3) is 0.522. The Labute approximate surface area is 189 Å². The molecule has 170 valence electrons. The molecule has 3 heterocycles. The van der Waals surface area contributed by atoms with Crippen LogP contribution in [0.5, 0.6) is 0 Å². The monoisotopic (exact) mass is 436 g/mol. The number of benzene rings is 1. The number of likely N-dealkylation sites (tertiary alicyclic amines) is 1. The van der Waals surface area contributed by atoms with E-state index in [1.807, 2.05) is 43.8 Å². The number of rotatable bonds is 7. The van der Waals surface area contributed by atoms with Crippen LogP contribution in [0.2, 0.25) is 0 Å². The molecule has 9 heteroatoms. The summed E-state index contributed by atoms with van der Waals surface area (Å²) in [5, 5.41) is 16.6. The maximum atomic E-state index is 12.9.